The summed E-state index contributed by atoms with van der Waals surface area (Å²) in [6, 6.07) is 24.6. The van der Waals surface area contributed by atoms with Gasteiger partial charge in [0.05, 0.1) is 10.6 Å². The van der Waals surface area contributed by atoms with E-state index in [9.17, 15) is 13.2 Å². The van der Waals surface area contributed by atoms with Crippen LogP contribution in [0.25, 0.3) is 0 Å². The first kappa shape index (κ1) is 22.6. The van der Waals surface area contributed by atoms with Crippen molar-refractivity contribution in [1.29, 1.82) is 0 Å². The van der Waals surface area contributed by atoms with Crippen molar-refractivity contribution < 1.29 is 17.9 Å². The number of benzene rings is 3. The Morgan fingerprint density at radius 1 is 0.879 bits per heavy atom. The summed E-state index contributed by atoms with van der Waals surface area (Å²) in [5.74, 6) is 0.970. The molecule has 0 atom stereocenters. The maximum absolute atomic E-state index is 13.0. The number of thiophene rings is 1. The zero-order chi connectivity index (χ0) is 23.4. The highest BCUT2D eigenvalue weighted by atomic mass is 32.2. The third kappa shape index (κ3) is 5.08. The fourth-order valence-corrected chi connectivity index (χ4v) is 5.22. The molecular weight excluding hydrogens is 456 g/mol. The smallest absolute Gasteiger partial charge is 0.267 e. The van der Waals surface area contributed by atoms with E-state index in [1.165, 1.54) is 18.4 Å². The summed E-state index contributed by atoms with van der Waals surface area (Å²) in [5.41, 5.74) is 1.86. The van der Waals surface area contributed by atoms with Crippen molar-refractivity contribution in [3.05, 3.63) is 101 Å². The van der Waals surface area contributed by atoms with Crippen molar-refractivity contribution in [2.75, 3.05) is 16.7 Å². The number of anilines is 2. The lowest BCUT2D eigenvalue weighted by Crippen LogP contribution is -2.28. The lowest BCUT2D eigenvalue weighted by atomic mass is 10.2. The molecule has 8 heteroatoms. The first-order valence-corrected chi connectivity index (χ1v) is 12.4. The molecule has 1 heterocycles. The average molecular weight is 479 g/mol. The molecule has 1 aromatic heterocycles. The minimum absolute atomic E-state index is 0.169. The normalized spacial score (nSPS) is 11.1. The van der Waals surface area contributed by atoms with Crippen LogP contribution in [0.15, 0.2) is 95.2 Å². The van der Waals surface area contributed by atoms with Gasteiger partial charge in [0.1, 0.15) is 16.4 Å². The van der Waals surface area contributed by atoms with Crippen LogP contribution in [-0.4, -0.2) is 21.4 Å². The second-order valence-electron chi connectivity index (χ2n) is 7.31. The second-order valence-corrected chi connectivity index (χ2v) is 10.2. The quantitative estimate of drug-likeness (QED) is 0.357. The summed E-state index contributed by atoms with van der Waals surface area (Å²) in [4.78, 5) is 13.4. The molecule has 0 aliphatic rings. The lowest BCUT2D eigenvalue weighted by molar-refractivity contribution is 0.103. The summed E-state index contributed by atoms with van der Waals surface area (Å²) in [6.07, 6.45) is 0. The van der Waals surface area contributed by atoms with Gasteiger partial charge in [-0.05, 0) is 66.9 Å². The summed E-state index contributed by atoms with van der Waals surface area (Å²) in [5, 5.41) is 4.52. The minimum atomic E-state index is -3.80. The molecule has 0 aliphatic heterocycles. The largest absolute Gasteiger partial charge is 0.457 e. The van der Waals surface area contributed by atoms with Gasteiger partial charge in [0.2, 0.25) is 0 Å². The Bertz CT molecular complexity index is 1350. The van der Waals surface area contributed by atoms with E-state index in [0.29, 0.717) is 22.0 Å². The van der Waals surface area contributed by atoms with Gasteiger partial charge < -0.3 is 10.1 Å². The molecule has 33 heavy (non-hydrogen) atoms. The summed E-state index contributed by atoms with van der Waals surface area (Å²) < 4.78 is 33.0. The fraction of sp³-hybridized carbons (Fsp3) is 0.0800. The Hall–Kier alpha value is -3.62. The summed E-state index contributed by atoms with van der Waals surface area (Å²) >= 11 is 1.18. The zero-order valence-electron chi connectivity index (χ0n) is 18.1. The number of rotatable bonds is 7. The molecule has 168 valence electrons. The van der Waals surface area contributed by atoms with Crippen molar-refractivity contribution in [2.24, 2.45) is 0 Å². The standard InChI is InChI=1S/C25H22N2O4S2/c1-18-8-14-22(15-9-18)33(29,30)27(2)23-16-17-32-24(23)25(28)26-19-10-12-21(13-11-19)31-20-6-4-3-5-7-20/h3-17H,1-2H3,(H,26,28). The topological polar surface area (TPSA) is 75.7 Å². The van der Waals surface area contributed by atoms with Crippen LogP contribution in [0.5, 0.6) is 11.5 Å². The molecular formula is C25H22N2O4S2. The first-order valence-electron chi connectivity index (χ1n) is 10.1. The van der Waals surface area contributed by atoms with Gasteiger partial charge in [-0.1, -0.05) is 35.9 Å². The van der Waals surface area contributed by atoms with Crippen LogP contribution in [0.1, 0.15) is 15.2 Å². The van der Waals surface area contributed by atoms with E-state index in [0.717, 1.165) is 15.6 Å². The van der Waals surface area contributed by atoms with Crippen LogP contribution in [0.4, 0.5) is 11.4 Å². The van der Waals surface area contributed by atoms with Crippen molar-refractivity contribution in [1.82, 2.24) is 0 Å². The molecule has 4 aromatic rings. The number of sulfonamides is 1. The molecule has 0 bridgehead atoms. The summed E-state index contributed by atoms with van der Waals surface area (Å²) in [6.45, 7) is 1.89. The minimum Gasteiger partial charge on any atom is -0.457 e. The number of aryl methyl sites for hydroxylation is 1. The first-order chi connectivity index (χ1) is 15.8. The molecule has 0 radical (unpaired) electrons. The number of carbonyl (C=O) groups is 1. The van der Waals surface area contributed by atoms with Crippen LogP contribution >= 0.6 is 11.3 Å². The molecule has 0 fully saturated rings. The maximum atomic E-state index is 13.0. The van der Waals surface area contributed by atoms with Crippen LogP contribution in [0.3, 0.4) is 0 Å². The zero-order valence-corrected chi connectivity index (χ0v) is 19.7. The van der Waals surface area contributed by atoms with Gasteiger partial charge in [0.25, 0.3) is 15.9 Å². The van der Waals surface area contributed by atoms with E-state index in [-0.39, 0.29) is 10.8 Å². The van der Waals surface area contributed by atoms with E-state index in [1.54, 1.807) is 60.0 Å². The van der Waals surface area contributed by atoms with Crippen LogP contribution in [-0.2, 0) is 10.0 Å². The molecule has 1 N–H and O–H groups in total. The Morgan fingerprint density at radius 2 is 1.52 bits per heavy atom. The van der Waals surface area contributed by atoms with E-state index < -0.39 is 10.0 Å². The SMILES string of the molecule is Cc1ccc(S(=O)(=O)N(C)c2ccsc2C(=O)Nc2ccc(Oc3ccccc3)cc2)cc1. The Labute approximate surface area is 197 Å². The molecule has 3 aromatic carbocycles. The predicted molar refractivity (Wildman–Crippen MR) is 132 cm³/mol. The van der Waals surface area contributed by atoms with Gasteiger partial charge in [-0.3, -0.25) is 9.10 Å². The molecule has 0 unspecified atom stereocenters. The van der Waals surface area contributed by atoms with Crippen molar-refractivity contribution in [3.8, 4) is 11.5 Å². The molecule has 0 aliphatic carbocycles. The van der Waals surface area contributed by atoms with Crippen molar-refractivity contribution >= 4 is 38.6 Å². The number of hydrogen-bond acceptors (Lipinski definition) is 5. The third-order valence-corrected chi connectivity index (χ3v) is 7.65. The van der Waals surface area contributed by atoms with Gasteiger partial charge in [-0.25, -0.2) is 8.42 Å². The van der Waals surface area contributed by atoms with Gasteiger partial charge in [-0.2, -0.15) is 0 Å². The number of carbonyl (C=O) groups excluding carboxylic acids is 1. The molecule has 4 rings (SSSR count). The highest BCUT2D eigenvalue weighted by Crippen LogP contribution is 2.31. The Balaban J connectivity index is 1.49. The van der Waals surface area contributed by atoms with Gasteiger partial charge in [0, 0.05) is 12.7 Å². The molecule has 1 amide bonds. The number of nitrogens with zero attached hydrogens (tertiary/aromatic N) is 1. The van der Waals surface area contributed by atoms with Crippen LogP contribution in [0.2, 0.25) is 0 Å². The molecule has 0 saturated carbocycles. The highest BCUT2D eigenvalue weighted by Gasteiger charge is 2.26. The van der Waals surface area contributed by atoms with E-state index in [4.69, 9.17) is 4.74 Å². The van der Waals surface area contributed by atoms with Gasteiger partial charge in [0.15, 0.2) is 0 Å². The van der Waals surface area contributed by atoms with Crippen molar-refractivity contribution in [3.63, 3.8) is 0 Å². The average Bonchev–Trinajstić information content (AvgIpc) is 3.31. The van der Waals surface area contributed by atoms with Gasteiger partial charge >= 0.3 is 0 Å². The molecule has 0 saturated heterocycles. The second kappa shape index (κ2) is 9.48. The number of para-hydroxylation sites is 1. The van der Waals surface area contributed by atoms with E-state index in [1.807, 2.05) is 37.3 Å². The molecule has 6 nitrogen and oxygen atoms in total. The predicted octanol–water partition coefficient (Wildman–Crippen LogP) is 5.93. The van der Waals surface area contributed by atoms with Crippen LogP contribution < -0.4 is 14.4 Å². The number of amides is 1. The summed E-state index contributed by atoms with van der Waals surface area (Å²) in [7, 11) is -2.35. The maximum Gasteiger partial charge on any atom is 0.267 e. The van der Waals surface area contributed by atoms with Gasteiger partial charge in [-0.15, -0.1) is 11.3 Å². The third-order valence-electron chi connectivity index (χ3n) is 4.96. The monoisotopic (exact) mass is 478 g/mol. The Morgan fingerprint density at radius 3 is 2.18 bits per heavy atom. The van der Waals surface area contributed by atoms with Crippen molar-refractivity contribution in [2.45, 2.75) is 11.8 Å². The highest BCUT2D eigenvalue weighted by molar-refractivity contribution is 7.92. The number of ether oxygens (including phenoxy) is 1. The fourth-order valence-electron chi connectivity index (χ4n) is 3.14. The van der Waals surface area contributed by atoms with Crippen LogP contribution in [0, 0.1) is 6.92 Å². The Kier molecular flexibility index (Phi) is 6.48. The number of nitrogens with one attached hydrogen (secondary N) is 1. The number of hydrogen-bond donors (Lipinski definition) is 1. The van der Waals surface area contributed by atoms with E-state index in [2.05, 4.69) is 5.32 Å². The van der Waals surface area contributed by atoms with E-state index >= 15 is 0 Å². The molecule has 0 spiro atoms. The lowest BCUT2D eigenvalue weighted by Gasteiger charge is -2.20.